The molecular formula is C69H153Ca3N6O11P2+9. The van der Waals surface area contributed by atoms with Gasteiger partial charge in [-0.2, -0.15) is 0 Å². The summed E-state index contributed by atoms with van der Waals surface area (Å²) in [6.07, 6.45) is 66.8. The van der Waals surface area contributed by atoms with Gasteiger partial charge in [-0.05, 0) is 38.5 Å². The van der Waals surface area contributed by atoms with E-state index in [1.54, 1.807) is 0 Å². The molecule has 0 radical (unpaired) electrons. The Morgan fingerprint density at radius 2 is 0.352 bits per heavy atom. The quantitative estimate of drug-likeness (QED) is 0.00912. The van der Waals surface area contributed by atoms with Crippen LogP contribution in [0.3, 0.4) is 0 Å². The normalized spacial score (nSPS) is 11.3. The average Bonchev–Trinajstić information content (AvgIpc) is 3.22. The molecule has 0 heterocycles. The summed E-state index contributed by atoms with van der Waals surface area (Å²) >= 11 is 0. The average molecular weight is 1430 g/mol. The first-order valence-electron chi connectivity index (χ1n) is 36.5. The number of carbonyl (C=O) groups is 3. The molecule has 0 aromatic rings. The van der Waals surface area contributed by atoms with Gasteiger partial charge in [-0.3, -0.25) is 14.4 Å². The molecule has 0 aromatic heterocycles. The van der Waals surface area contributed by atoms with Crippen LogP contribution in [0.25, 0.3) is 0 Å². The van der Waals surface area contributed by atoms with Crippen molar-refractivity contribution < 1.29 is 66.7 Å². The Morgan fingerprint density at radius 3 is 0.462 bits per heavy atom. The molecule has 0 spiro atoms. The molecule has 0 aliphatic heterocycles. The van der Waals surface area contributed by atoms with Gasteiger partial charge in [0.1, 0.15) is 19.6 Å². The summed E-state index contributed by atoms with van der Waals surface area (Å²) in [7, 11) is 3.10. The largest absolute Gasteiger partial charge is 2.00 e. The molecule has 0 saturated carbocycles. The van der Waals surface area contributed by atoms with Gasteiger partial charge in [0.15, 0.2) is 0 Å². The van der Waals surface area contributed by atoms with Crippen molar-refractivity contribution in [2.75, 3.05) is 61.9 Å². The molecule has 0 aliphatic carbocycles. The molecule has 91 heavy (non-hydrogen) atoms. The van der Waals surface area contributed by atoms with Crippen molar-refractivity contribution in [3.05, 3.63) is 0 Å². The number of unbranched alkanes of at least 4 members (excludes halogenated alkanes) is 42. The maximum absolute atomic E-state index is 11.9. The summed E-state index contributed by atoms with van der Waals surface area (Å²) in [4.78, 5) is 78.9. The van der Waals surface area contributed by atoms with E-state index in [1.165, 1.54) is 270 Å². The van der Waals surface area contributed by atoms with Crippen molar-refractivity contribution in [1.82, 2.24) is 16.3 Å². The fraction of sp³-hybridized carbons (Fsp3) is 0.957. The Balaban J connectivity index is -0.000000172. The topological polar surface area (TPSA) is 243 Å². The van der Waals surface area contributed by atoms with E-state index in [0.29, 0.717) is 33.0 Å². The zero-order valence-corrected chi connectivity index (χ0v) is 70.7. The van der Waals surface area contributed by atoms with Crippen LogP contribution in [0.5, 0.6) is 0 Å². The maximum Gasteiger partial charge on any atom is 2.00 e. The summed E-state index contributed by atoms with van der Waals surface area (Å²) in [5.41, 5.74) is 9.32. The van der Waals surface area contributed by atoms with E-state index >= 15 is 0 Å². The molecule has 9 N–H and O–H groups in total. The minimum Gasteiger partial charge on any atom is -0.303 e. The minimum absolute atomic E-state index is 0. The molecule has 532 valence electrons. The summed E-state index contributed by atoms with van der Waals surface area (Å²) < 4.78 is 19.6. The third-order valence-corrected chi connectivity index (χ3v) is 15.7. The standard InChI is InChI=1S/3C23H48N2O.3Ca.2H3O4P/c3*1-5-7-8-9-10-11-12-13-14-15-16-17-18-19-20-21-23(26)24-25(3,4)22-6-2;;;;2*1-5(2,3)4/h3*5-22H2,1-4H3;;;;2*(H3,1,2,3,4)/q;;;3*+2;;/p+3. The number of amides is 3. The Hall–Kier alpha value is 2.29. The van der Waals surface area contributed by atoms with Gasteiger partial charge in [0.2, 0.25) is 0 Å². The molecule has 0 aromatic carbocycles. The van der Waals surface area contributed by atoms with Gasteiger partial charge in [-0.1, -0.05) is 311 Å². The molecular weight excluding hydrogens is 1270 g/mol. The molecule has 3 amide bonds. The van der Waals surface area contributed by atoms with E-state index < -0.39 is 15.6 Å². The van der Waals surface area contributed by atoms with E-state index in [4.69, 9.17) is 38.5 Å². The molecule has 0 atom stereocenters. The molecule has 0 saturated heterocycles. The van der Waals surface area contributed by atoms with Crippen LogP contribution >= 0.6 is 15.6 Å². The summed E-state index contributed by atoms with van der Waals surface area (Å²) in [6, 6.07) is 0. The van der Waals surface area contributed by atoms with Crippen molar-refractivity contribution in [3.63, 3.8) is 0 Å². The third-order valence-electron chi connectivity index (χ3n) is 15.7. The number of hydrogen-bond donors (Lipinski definition) is 9. The monoisotopic (exact) mass is 1420 g/mol. The fourth-order valence-corrected chi connectivity index (χ4v) is 11.0. The Kier molecular flexibility index (Phi) is 95.6. The second kappa shape index (κ2) is 79.6. The van der Waals surface area contributed by atoms with Crippen molar-refractivity contribution in [2.45, 2.75) is 369 Å². The van der Waals surface area contributed by atoms with Gasteiger partial charge in [-0.25, -0.2) is 39.2 Å². The molecule has 17 nitrogen and oxygen atoms in total. The molecule has 22 heteroatoms. The van der Waals surface area contributed by atoms with Crippen molar-refractivity contribution in [1.29, 1.82) is 0 Å². The van der Waals surface area contributed by atoms with Crippen molar-refractivity contribution >= 4 is 147 Å². The van der Waals surface area contributed by atoms with E-state index in [2.05, 4.69) is 100 Å². The van der Waals surface area contributed by atoms with Crippen LogP contribution in [0.2, 0.25) is 0 Å². The number of phosphoric acid groups is 2. The molecule has 0 aliphatic rings. The summed E-state index contributed by atoms with van der Waals surface area (Å²) in [6.45, 7) is 16.3. The second-order valence-electron chi connectivity index (χ2n) is 27.0. The molecule has 0 bridgehead atoms. The summed E-state index contributed by atoms with van der Waals surface area (Å²) in [5.74, 6) is 0.620. The first kappa shape index (κ1) is 109. The molecule has 0 rings (SSSR count). The van der Waals surface area contributed by atoms with Crippen LogP contribution in [0.1, 0.15) is 369 Å². The van der Waals surface area contributed by atoms with E-state index in [-0.39, 0.29) is 131 Å². The van der Waals surface area contributed by atoms with E-state index in [0.717, 1.165) is 58.2 Å². The van der Waals surface area contributed by atoms with Gasteiger partial charge in [0.25, 0.3) is 17.7 Å². The van der Waals surface area contributed by atoms with Crippen molar-refractivity contribution in [3.8, 4) is 0 Å². The number of hydrogen-bond acceptors (Lipinski definition) is 5. The predicted molar refractivity (Wildman–Crippen MR) is 391 cm³/mol. The number of nitrogens with one attached hydrogen (secondary N) is 3. The van der Waals surface area contributed by atoms with Crippen LogP contribution in [0, 0.1) is 0 Å². The number of carbonyl (C=O) groups excluding carboxylic acids is 3. The maximum atomic E-state index is 11.9. The Labute approximate surface area is 653 Å². The van der Waals surface area contributed by atoms with Crippen LogP contribution in [0.4, 0.5) is 0 Å². The van der Waals surface area contributed by atoms with E-state index in [9.17, 15) is 14.4 Å². The van der Waals surface area contributed by atoms with Crippen LogP contribution in [-0.2, 0) is 23.5 Å². The number of nitrogens with zero attached hydrogens (tertiary/aromatic N) is 3. The van der Waals surface area contributed by atoms with Crippen LogP contribution in [-0.4, -0.2) is 236 Å². The SMILES string of the molecule is CCCCCCCCCCCCCCCCCC(=O)N[N+](C)(C)CCC.CCCCCCCCCCCCCCCCCC(=O)N[N+](C)(C)CCC.CCCCCCCCCCCCCCCCCC(=O)N[N+](C)(C)CCC.O=P(O)(O)O.O=P(O)(O)O.[Ca+2].[Ca+2].[Ca+2]. The molecule has 0 unspecified atom stereocenters. The van der Waals surface area contributed by atoms with Gasteiger partial charge in [0, 0.05) is 19.3 Å². The van der Waals surface area contributed by atoms with Crippen LogP contribution < -0.4 is 16.3 Å². The predicted octanol–water partition coefficient (Wildman–Crippen LogP) is 17.3. The number of rotatable bonds is 57. The van der Waals surface area contributed by atoms with Gasteiger partial charge in [0.05, 0.1) is 42.3 Å². The van der Waals surface area contributed by atoms with Gasteiger partial charge >= 0.3 is 129 Å². The zero-order chi connectivity index (χ0) is 67.5. The smallest absolute Gasteiger partial charge is 0.303 e. The van der Waals surface area contributed by atoms with Gasteiger partial charge < -0.3 is 29.4 Å². The third kappa shape index (κ3) is 117. The fourth-order valence-electron chi connectivity index (χ4n) is 11.0. The zero-order valence-electron chi connectivity index (χ0n) is 62.3. The summed E-state index contributed by atoms with van der Waals surface area (Å²) in [5, 5.41) is 0. The molecule has 0 fully saturated rings. The van der Waals surface area contributed by atoms with Crippen molar-refractivity contribution in [2.24, 2.45) is 0 Å². The second-order valence-corrected chi connectivity index (χ2v) is 29.0. The van der Waals surface area contributed by atoms with E-state index in [1.807, 2.05) is 0 Å². The van der Waals surface area contributed by atoms with Gasteiger partial charge in [-0.15, -0.1) is 0 Å². The minimum atomic E-state index is -4.64. The first-order valence-corrected chi connectivity index (χ1v) is 39.7. The first-order chi connectivity index (χ1) is 41.5. The Bertz CT molecular complexity index is 1420. The van der Waals surface area contributed by atoms with Crippen LogP contribution in [0.15, 0.2) is 0 Å². The number of quaternary nitrogens is 3. The Morgan fingerprint density at radius 1 is 0.242 bits per heavy atom.